The number of nitrogens with zero attached hydrogens (tertiary/aromatic N) is 2. The van der Waals surface area contributed by atoms with Gasteiger partial charge in [-0.15, -0.1) is 0 Å². The molecule has 0 saturated carbocycles. The van der Waals surface area contributed by atoms with Crippen molar-refractivity contribution in [2.45, 2.75) is 38.8 Å². The number of aromatic nitrogens is 1. The topological polar surface area (TPSA) is 119 Å². The van der Waals surface area contributed by atoms with Crippen molar-refractivity contribution in [1.82, 2.24) is 14.8 Å². The van der Waals surface area contributed by atoms with Crippen LogP contribution < -0.4 is 14.8 Å². The highest BCUT2D eigenvalue weighted by molar-refractivity contribution is 6.30. The van der Waals surface area contributed by atoms with Gasteiger partial charge in [-0.25, -0.2) is 0 Å². The number of hydrogen-bond acceptors (Lipinski definition) is 8. The Bertz CT molecular complexity index is 1700. The number of β-amino-alcohol motifs (C(OH)–C–C–N with tert-alkyl or cyclic N) is 1. The van der Waals surface area contributed by atoms with Crippen LogP contribution in [0.1, 0.15) is 40.0 Å². The number of amides is 1. The van der Waals surface area contributed by atoms with E-state index in [0.717, 1.165) is 30.8 Å². The van der Waals surface area contributed by atoms with E-state index < -0.39 is 18.5 Å². The maximum atomic E-state index is 13.5. The number of nitrogens with one attached hydrogen (secondary N) is 1. The zero-order valence-corrected chi connectivity index (χ0v) is 26.7. The van der Waals surface area contributed by atoms with Gasteiger partial charge in [-0.2, -0.15) is 0 Å². The SMILES string of the molecule is COc1ccc2c(c1)c(CC(=O)OCC(=O)NCCCOc1cccc(CN3CCC(O)C3)c1)c(C)n2C(=O)c1ccc(Cl)cc1. The number of aliphatic hydroxyl groups is 1. The van der Waals surface area contributed by atoms with Crippen LogP contribution in [-0.4, -0.2) is 78.4 Å². The summed E-state index contributed by atoms with van der Waals surface area (Å²) in [7, 11) is 1.55. The molecule has 0 radical (unpaired) electrons. The van der Waals surface area contributed by atoms with Crippen molar-refractivity contribution in [1.29, 1.82) is 0 Å². The fourth-order valence-corrected chi connectivity index (χ4v) is 5.75. The Morgan fingerprint density at radius 1 is 1.04 bits per heavy atom. The molecule has 46 heavy (non-hydrogen) atoms. The fraction of sp³-hybridized carbons (Fsp3) is 0.343. The van der Waals surface area contributed by atoms with E-state index in [1.165, 1.54) is 0 Å². The maximum absolute atomic E-state index is 13.5. The summed E-state index contributed by atoms with van der Waals surface area (Å²) in [5.74, 6) is 0.0640. The number of carbonyl (C=O) groups excluding carboxylic acids is 3. The summed E-state index contributed by atoms with van der Waals surface area (Å²) in [5, 5.41) is 13.7. The maximum Gasteiger partial charge on any atom is 0.310 e. The van der Waals surface area contributed by atoms with Crippen molar-refractivity contribution in [2.24, 2.45) is 0 Å². The van der Waals surface area contributed by atoms with E-state index in [9.17, 15) is 19.5 Å². The number of likely N-dealkylation sites (tertiary alicyclic amines) is 1. The first-order valence-electron chi connectivity index (χ1n) is 15.2. The predicted octanol–water partition coefficient (Wildman–Crippen LogP) is 4.54. The molecule has 242 valence electrons. The van der Waals surface area contributed by atoms with E-state index >= 15 is 0 Å². The summed E-state index contributed by atoms with van der Waals surface area (Å²) in [5.41, 5.74) is 3.39. The van der Waals surface area contributed by atoms with Gasteiger partial charge < -0.3 is 24.6 Å². The molecule has 0 spiro atoms. The summed E-state index contributed by atoms with van der Waals surface area (Å²) < 4.78 is 18.1. The zero-order valence-electron chi connectivity index (χ0n) is 26.0. The van der Waals surface area contributed by atoms with Gasteiger partial charge in [0.05, 0.1) is 31.8 Å². The highest BCUT2D eigenvalue weighted by Crippen LogP contribution is 2.31. The normalized spacial score (nSPS) is 14.7. The third kappa shape index (κ3) is 8.25. The van der Waals surface area contributed by atoms with Crippen LogP contribution in [0, 0.1) is 6.92 Å². The van der Waals surface area contributed by atoms with Crippen molar-refractivity contribution < 1.29 is 33.7 Å². The van der Waals surface area contributed by atoms with Crippen LogP contribution >= 0.6 is 11.6 Å². The van der Waals surface area contributed by atoms with Crippen molar-refractivity contribution in [3.63, 3.8) is 0 Å². The van der Waals surface area contributed by atoms with Gasteiger partial charge in [0.1, 0.15) is 11.5 Å². The number of hydrogen-bond donors (Lipinski definition) is 2. The molecule has 11 heteroatoms. The first-order chi connectivity index (χ1) is 22.2. The van der Waals surface area contributed by atoms with Gasteiger partial charge in [0.25, 0.3) is 11.8 Å². The molecular formula is C35H38ClN3O7. The minimum absolute atomic E-state index is 0.130. The van der Waals surface area contributed by atoms with Crippen molar-refractivity contribution in [2.75, 3.05) is 40.0 Å². The van der Waals surface area contributed by atoms with Crippen molar-refractivity contribution in [3.8, 4) is 11.5 Å². The second-order valence-electron chi connectivity index (χ2n) is 11.3. The van der Waals surface area contributed by atoms with Crippen LogP contribution in [0.25, 0.3) is 10.9 Å². The number of benzene rings is 3. The van der Waals surface area contributed by atoms with Gasteiger partial charge in [-0.1, -0.05) is 23.7 Å². The molecule has 1 aromatic heterocycles. The lowest BCUT2D eigenvalue weighted by atomic mass is 10.1. The summed E-state index contributed by atoms with van der Waals surface area (Å²) in [6.07, 6.45) is 0.994. The van der Waals surface area contributed by atoms with E-state index in [1.54, 1.807) is 61.1 Å². The minimum atomic E-state index is -0.592. The molecule has 1 saturated heterocycles. The molecule has 1 unspecified atom stereocenters. The molecular weight excluding hydrogens is 610 g/mol. The lowest BCUT2D eigenvalue weighted by Gasteiger charge is -2.15. The molecule has 0 bridgehead atoms. The number of methoxy groups -OCH3 is 1. The largest absolute Gasteiger partial charge is 0.497 e. The van der Waals surface area contributed by atoms with Gasteiger partial charge in [0.2, 0.25) is 0 Å². The number of esters is 1. The minimum Gasteiger partial charge on any atom is -0.497 e. The molecule has 1 aliphatic heterocycles. The number of fused-ring (bicyclic) bond motifs is 1. The van der Waals surface area contributed by atoms with E-state index in [0.29, 0.717) is 64.6 Å². The Hall–Kier alpha value is -4.38. The average Bonchev–Trinajstić information content (AvgIpc) is 3.58. The van der Waals surface area contributed by atoms with Crippen molar-refractivity contribution in [3.05, 3.63) is 94.1 Å². The Balaban J connectivity index is 1.10. The van der Waals surface area contributed by atoms with Crippen LogP contribution in [0.2, 0.25) is 5.02 Å². The first kappa shape index (κ1) is 33.0. The number of ether oxygens (including phenoxy) is 3. The molecule has 1 aliphatic rings. The zero-order chi connectivity index (χ0) is 32.6. The highest BCUT2D eigenvalue weighted by atomic mass is 35.5. The Morgan fingerprint density at radius 3 is 2.59 bits per heavy atom. The van der Waals surface area contributed by atoms with Crippen LogP contribution in [0.3, 0.4) is 0 Å². The molecule has 2 N–H and O–H groups in total. The Morgan fingerprint density at radius 2 is 1.85 bits per heavy atom. The molecule has 10 nitrogen and oxygen atoms in total. The summed E-state index contributed by atoms with van der Waals surface area (Å²) >= 11 is 6.01. The van der Waals surface area contributed by atoms with Gasteiger partial charge in [-0.3, -0.25) is 23.9 Å². The third-order valence-electron chi connectivity index (χ3n) is 7.99. The van der Waals surface area contributed by atoms with Gasteiger partial charge >= 0.3 is 5.97 Å². The summed E-state index contributed by atoms with van der Waals surface area (Å²) in [6.45, 7) is 4.46. The standard InChI is InChI=1S/C35H38ClN3O7/c1-23-30(31-18-28(44-2)11-12-32(31)39(23)35(43)25-7-9-26(36)10-8-25)19-34(42)46-22-33(41)37-14-4-16-45-29-6-3-5-24(17-29)20-38-15-13-27(40)21-38/h3,5-12,17-18,27,40H,4,13-16,19-22H2,1-2H3,(H,37,41). The highest BCUT2D eigenvalue weighted by Gasteiger charge is 2.23. The Kier molecular flexibility index (Phi) is 11.0. The van der Waals surface area contributed by atoms with Crippen LogP contribution in [0.4, 0.5) is 0 Å². The lowest BCUT2D eigenvalue weighted by Crippen LogP contribution is -2.30. The van der Waals surface area contributed by atoms with Gasteiger partial charge in [0, 0.05) is 47.8 Å². The van der Waals surface area contributed by atoms with E-state index in [2.05, 4.69) is 10.2 Å². The summed E-state index contributed by atoms with van der Waals surface area (Å²) in [6, 6.07) is 19.8. The molecule has 1 fully saturated rings. The number of halogens is 1. The number of rotatable bonds is 13. The molecule has 5 rings (SSSR count). The number of aliphatic hydroxyl groups excluding tert-OH is 1. The van der Waals surface area contributed by atoms with Gasteiger partial charge in [-0.05, 0) is 85.5 Å². The lowest BCUT2D eigenvalue weighted by molar-refractivity contribution is -0.147. The second-order valence-corrected chi connectivity index (χ2v) is 11.7. The fourth-order valence-electron chi connectivity index (χ4n) is 5.63. The van der Waals surface area contributed by atoms with Crippen molar-refractivity contribution >= 4 is 40.3 Å². The monoisotopic (exact) mass is 647 g/mol. The molecule has 2 heterocycles. The van der Waals surface area contributed by atoms with Gasteiger partial charge in [0.15, 0.2) is 6.61 Å². The molecule has 4 aromatic rings. The van der Waals surface area contributed by atoms with Crippen LogP contribution in [0.15, 0.2) is 66.7 Å². The van der Waals surface area contributed by atoms with E-state index in [1.807, 2.05) is 24.3 Å². The molecule has 3 aromatic carbocycles. The predicted molar refractivity (Wildman–Crippen MR) is 175 cm³/mol. The second kappa shape index (κ2) is 15.3. The average molecular weight is 648 g/mol. The Labute approximate surface area is 272 Å². The molecule has 1 amide bonds. The summed E-state index contributed by atoms with van der Waals surface area (Å²) in [4.78, 5) is 40.9. The smallest absolute Gasteiger partial charge is 0.310 e. The first-order valence-corrected chi connectivity index (χ1v) is 15.6. The van der Waals surface area contributed by atoms with Crippen LogP contribution in [0.5, 0.6) is 11.5 Å². The molecule has 1 atom stereocenters. The third-order valence-corrected chi connectivity index (χ3v) is 8.24. The number of carbonyl (C=O) groups is 3. The van der Waals surface area contributed by atoms with Crippen LogP contribution in [-0.2, 0) is 27.3 Å². The van der Waals surface area contributed by atoms with E-state index in [4.69, 9.17) is 25.8 Å². The van der Waals surface area contributed by atoms with E-state index in [-0.39, 0.29) is 18.4 Å². The quantitative estimate of drug-likeness (QED) is 0.160. The molecule has 0 aliphatic carbocycles.